The minimum Gasteiger partial charge on any atom is -0.481 e. The summed E-state index contributed by atoms with van der Waals surface area (Å²) in [5.74, 6) is -6.15. The molecule has 0 aliphatic rings. The van der Waals surface area contributed by atoms with E-state index in [1.54, 1.807) is 13.8 Å². The lowest BCUT2D eigenvalue weighted by molar-refractivity contribution is -0.144. The lowest BCUT2D eigenvalue weighted by Crippen LogP contribution is -2.59. The molecule has 13 nitrogen and oxygen atoms in total. The number of amides is 4. The Morgan fingerprint density at radius 1 is 0.853 bits per heavy atom. The van der Waals surface area contributed by atoms with E-state index in [4.69, 9.17) is 16.6 Å². The molecule has 0 heterocycles. The van der Waals surface area contributed by atoms with Gasteiger partial charge in [0.05, 0.1) is 12.5 Å². The predicted molar refractivity (Wildman–Crippen MR) is 121 cm³/mol. The van der Waals surface area contributed by atoms with Gasteiger partial charge in [-0.3, -0.25) is 24.0 Å². The first-order chi connectivity index (χ1) is 15.7. The molecule has 0 rings (SSSR count). The summed E-state index contributed by atoms with van der Waals surface area (Å²) in [6, 6.07) is -4.92. The summed E-state index contributed by atoms with van der Waals surface area (Å²) < 4.78 is 0. The van der Waals surface area contributed by atoms with Gasteiger partial charge in [0.25, 0.3) is 0 Å². The number of hydrogen-bond acceptors (Lipinski definition) is 7. The van der Waals surface area contributed by atoms with Crippen LogP contribution in [0.5, 0.6) is 0 Å². The van der Waals surface area contributed by atoms with Gasteiger partial charge in [-0.15, -0.1) is 0 Å². The smallest absolute Gasteiger partial charge is 0.326 e. The van der Waals surface area contributed by atoms with Crippen molar-refractivity contribution in [3.05, 3.63) is 0 Å². The Kier molecular flexibility index (Phi) is 13.4. The van der Waals surface area contributed by atoms with Crippen LogP contribution in [0, 0.1) is 11.8 Å². The predicted octanol–water partition coefficient (Wildman–Crippen LogP) is -1.31. The van der Waals surface area contributed by atoms with Crippen molar-refractivity contribution < 1.29 is 39.0 Å². The molecule has 0 radical (unpaired) electrons. The van der Waals surface area contributed by atoms with Crippen molar-refractivity contribution >= 4 is 35.6 Å². The third kappa shape index (κ3) is 11.6. The highest BCUT2D eigenvalue weighted by molar-refractivity contribution is 5.95. The van der Waals surface area contributed by atoms with Gasteiger partial charge in [0.15, 0.2) is 0 Å². The topological polar surface area (TPSA) is 231 Å². The standard InChI is InChI=1S/C21H37N5O8/c1-5-11(4)17(20(32)25-14(21(33)34)9-15(23)27)26-19(31)13(8-10(2)3)24-18(30)12(22)6-7-16(28)29/h10-14,17H,5-9,22H2,1-4H3,(H2,23,27)(H,24,30)(H,25,32)(H,26,31)(H,28,29)(H,33,34)/t11-,12-,13-,14-,17-/m0/s1. The normalized spacial score (nSPS) is 15.4. The van der Waals surface area contributed by atoms with Gasteiger partial charge in [0, 0.05) is 6.42 Å². The SMILES string of the molecule is CC[C@H](C)[C@H](NC(=O)[C@H](CC(C)C)NC(=O)[C@@H](N)CCC(=O)O)C(=O)N[C@@H](CC(N)=O)C(=O)O. The summed E-state index contributed by atoms with van der Waals surface area (Å²) in [6.07, 6.45) is -0.402. The first kappa shape index (κ1) is 30.8. The number of carboxylic acids is 2. The fraction of sp³-hybridized carbons (Fsp3) is 0.714. The van der Waals surface area contributed by atoms with Crippen LogP contribution in [0.15, 0.2) is 0 Å². The Labute approximate surface area is 198 Å². The van der Waals surface area contributed by atoms with E-state index >= 15 is 0 Å². The fourth-order valence-electron chi connectivity index (χ4n) is 3.01. The average Bonchev–Trinajstić information content (AvgIpc) is 2.72. The number of aliphatic carboxylic acids is 2. The summed E-state index contributed by atoms with van der Waals surface area (Å²) in [5, 5.41) is 25.3. The maximum Gasteiger partial charge on any atom is 0.326 e. The van der Waals surface area contributed by atoms with Gasteiger partial charge in [0.1, 0.15) is 18.1 Å². The maximum atomic E-state index is 13.0. The highest BCUT2D eigenvalue weighted by Crippen LogP contribution is 2.12. The molecule has 0 bridgehead atoms. The van der Waals surface area contributed by atoms with Crippen molar-refractivity contribution in [1.29, 1.82) is 0 Å². The van der Waals surface area contributed by atoms with E-state index in [0.29, 0.717) is 6.42 Å². The molecule has 13 heteroatoms. The van der Waals surface area contributed by atoms with Crippen molar-refractivity contribution in [3.8, 4) is 0 Å². The van der Waals surface area contributed by atoms with E-state index in [1.807, 2.05) is 13.8 Å². The van der Waals surface area contributed by atoms with Gasteiger partial charge in [-0.25, -0.2) is 4.79 Å². The molecule has 0 aliphatic heterocycles. The molecule has 0 fully saturated rings. The van der Waals surface area contributed by atoms with Crippen LogP contribution in [0.3, 0.4) is 0 Å². The lowest BCUT2D eigenvalue weighted by atomic mass is 9.96. The lowest BCUT2D eigenvalue weighted by Gasteiger charge is -2.28. The highest BCUT2D eigenvalue weighted by Gasteiger charge is 2.33. The van der Waals surface area contributed by atoms with Crippen LogP contribution in [0.25, 0.3) is 0 Å². The maximum absolute atomic E-state index is 13.0. The molecular weight excluding hydrogens is 450 g/mol. The minimum atomic E-state index is -1.56. The van der Waals surface area contributed by atoms with Crippen molar-refractivity contribution in [2.75, 3.05) is 0 Å². The van der Waals surface area contributed by atoms with E-state index in [0.717, 1.165) is 0 Å². The molecule has 0 saturated heterocycles. The molecule has 4 amide bonds. The molecule has 0 aromatic heterocycles. The van der Waals surface area contributed by atoms with Crippen molar-refractivity contribution in [3.63, 3.8) is 0 Å². The Morgan fingerprint density at radius 2 is 1.41 bits per heavy atom. The number of nitrogens with one attached hydrogen (secondary N) is 3. The summed E-state index contributed by atoms with van der Waals surface area (Å²) in [4.78, 5) is 71.4. The number of rotatable bonds is 16. The van der Waals surface area contributed by atoms with Crippen LogP contribution in [0.4, 0.5) is 0 Å². The van der Waals surface area contributed by atoms with Crippen molar-refractivity contribution in [2.45, 2.75) is 84.0 Å². The number of carbonyl (C=O) groups is 6. The molecule has 0 unspecified atom stereocenters. The van der Waals surface area contributed by atoms with Crippen molar-refractivity contribution in [2.24, 2.45) is 23.3 Å². The molecule has 0 spiro atoms. The Morgan fingerprint density at radius 3 is 1.85 bits per heavy atom. The van der Waals surface area contributed by atoms with Gasteiger partial charge in [-0.05, 0) is 24.7 Å². The number of hydrogen-bond donors (Lipinski definition) is 7. The van der Waals surface area contributed by atoms with Gasteiger partial charge < -0.3 is 37.6 Å². The summed E-state index contributed by atoms with van der Waals surface area (Å²) in [6.45, 7) is 7.07. The van der Waals surface area contributed by atoms with Crippen molar-refractivity contribution in [1.82, 2.24) is 16.0 Å². The monoisotopic (exact) mass is 487 g/mol. The molecule has 194 valence electrons. The number of primary amides is 1. The minimum absolute atomic E-state index is 0.0332. The van der Waals surface area contributed by atoms with Crippen LogP contribution in [-0.2, 0) is 28.8 Å². The molecule has 0 aliphatic carbocycles. The second kappa shape index (κ2) is 14.8. The quantitative estimate of drug-likeness (QED) is 0.137. The average molecular weight is 488 g/mol. The third-order valence-electron chi connectivity index (χ3n) is 5.16. The Balaban J connectivity index is 5.55. The largest absolute Gasteiger partial charge is 0.481 e. The fourth-order valence-corrected chi connectivity index (χ4v) is 3.01. The van der Waals surface area contributed by atoms with E-state index in [1.165, 1.54) is 0 Å². The molecule has 0 aromatic rings. The Hall–Kier alpha value is -3.22. The summed E-state index contributed by atoms with van der Waals surface area (Å²) in [5.41, 5.74) is 10.8. The van der Waals surface area contributed by atoms with Gasteiger partial charge in [0.2, 0.25) is 23.6 Å². The number of carboxylic acid groups (broad SMARTS) is 2. The second-order valence-corrected chi connectivity index (χ2v) is 8.67. The summed E-state index contributed by atoms with van der Waals surface area (Å²) >= 11 is 0. The van der Waals surface area contributed by atoms with Crippen LogP contribution in [-0.4, -0.2) is 69.9 Å². The zero-order valence-corrected chi connectivity index (χ0v) is 20.0. The van der Waals surface area contributed by atoms with E-state index in [-0.39, 0.29) is 25.2 Å². The zero-order valence-electron chi connectivity index (χ0n) is 20.0. The Bertz CT molecular complexity index is 757. The second-order valence-electron chi connectivity index (χ2n) is 8.67. The van der Waals surface area contributed by atoms with E-state index < -0.39 is 72.1 Å². The molecule has 34 heavy (non-hydrogen) atoms. The van der Waals surface area contributed by atoms with Gasteiger partial charge >= 0.3 is 11.9 Å². The van der Waals surface area contributed by atoms with E-state index in [2.05, 4.69) is 16.0 Å². The molecule has 5 atom stereocenters. The summed E-state index contributed by atoms with van der Waals surface area (Å²) in [7, 11) is 0. The third-order valence-corrected chi connectivity index (χ3v) is 5.16. The molecule has 0 aromatic carbocycles. The molecule has 0 saturated carbocycles. The van der Waals surface area contributed by atoms with Crippen LogP contribution in [0.2, 0.25) is 0 Å². The van der Waals surface area contributed by atoms with Crippen LogP contribution in [0.1, 0.15) is 59.8 Å². The van der Waals surface area contributed by atoms with Crippen LogP contribution < -0.4 is 27.4 Å². The first-order valence-corrected chi connectivity index (χ1v) is 11.1. The van der Waals surface area contributed by atoms with Gasteiger partial charge in [-0.2, -0.15) is 0 Å². The first-order valence-electron chi connectivity index (χ1n) is 11.1. The molecular formula is C21H37N5O8. The van der Waals surface area contributed by atoms with Gasteiger partial charge in [-0.1, -0.05) is 34.1 Å². The van der Waals surface area contributed by atoms with Crippen LogP contribution >= 0.6 is 0 Å². The highest BCUT2D eigenvalue weighted by atomic mass is 16.4. The number of nitrogens with two attached hydrogens (primary N) is 2. The number of carbonyl (C=O) groups excluding carboxylic acids is 4. The van der Waals surface area contributed by atoms with E-state index in [9.17, 15) is 33.9 Å². The molecule has 9 N–H and O–H groups in total. The zero-order chi connectivity index (χ0) is 26.6.